The summed E-state index contributed by atoms with van der Waals surface area (Å²) in [5, 5.41) is 4.65. The molecule has 5 rings (SSSR count). The van der Waals surface area contributed by atoms with Gasteiger partial charge in [0.05, 0.1) is 6.04 Å². The summed E-state index contributed by atoms with van der Waals surface area (Å²) >= 11 is 8.43. The van der Waals surface area contributed by atoms with E-state index in [9.17, 15) is 0 Å². The van der Waals surface area contributed by atoms with Gasteiger partial charge < -0.3 is 5.32 Å². The molecule has 0 fully saturated rings. The maximum absolute atomic E-state index is 6.54. The minimum absolute atomic E-state index is 0.255. The molecule has 140 valence electrons. The molecule has 28 heavy (non-hydrogen) atoms. The normalized spacial score (nSPS) is 22.4. The molecule has 2 aliphatic rings. The Hall–Kier alpha value is -2.16. The molecule has 0 bridgehead atoms. The third kappa shape index (κ3) is 3.36. The third-order valence-corrected chi connectivity index (χ3v) is 7.24. The molecule has 3 heteroatoms. The highest BCUT2D eigenvalue weighted by atomic mass is 35.5. The van der Waals surface area contributed by atoms with Crippen LogP contribution < -0.4 is 5.32 Å². The van der Waals surface area contributed by atoms with Gasteiger partial charge in [-0.05, 0) is 53.3 Å². The minimum Gasteiger partial charge on any atom is -0.378 e. The van der Waals surface area contributed by atoms with Gasteiger partial charge in [0.1, 0.15) is 0 Å². The SMILES string of the molecule is Clc1ccccc1[C@@H]1Nc2ccc(CSc3ccccc3)cc2[C@H]2C=CC[C@H]21. The Bertz CT molecular complexity index is 1010. The van der Waals surface area contributed by atoms with Crippen LogP contribution in [0.15, 0.2) is 89.8 Å². The Morgan fingerprint density at radius 2 is 1.75 bits per heavy atom. The summed E-state index contributed by atoms with van der Waals surface area (Å²) in [6.45, 7) is 0. The Kier molecular flexibility index (Phi) is 4.92. The first-order valence-corrected chi connectivity index (χ1v) is 11.1. The molecule has 1 nitrogen and oxygen atoms in total. The van der Waals surface area contributed by atoms with E-state index in [1.165, 1.54) is 27.3 Å². The van der Waals surface area contributed by atoms with Crippen molar-refractivity contribution >= 4 is 29.1 Å². The van der Waals surface area contributed by atoms with Gasteiger partial charge in [0.2, 0.25) is 0 Å². The van der Waals surface area contributed by atoms with Crippen LogP contribution in [0.3, 0.4) is 0 Å². The van der Waals surface area contributed by atoms with Gasteiger partial charge in [0.15, 0.2) is 0 Å². The fourth-order valence-electron chi connectivity index (χ4n) is 4.45. The molecule has 3 aromatic carbocycles. The third-order valence-electron chi connectivity index (χ3n) is 5.82. The molecule has 0 aromatic heterocycles. The zero-order chi connectivity index (χ0) is 18.9. The summed E-state index contributed by atoms with van der Waals surface area (Å²) in [5.74, 6) is 1.97. The van der Waals surface area contributed by atoms with Crippen LogP contribution in [0, 0.1) is 5.92 Å². The highest BCUT2D eigenvalue weighted by molar-refractivity contribution is 7.98. The highest BCUT2D eigenvalue weighted by Crippen LogP contribution is 2.51. The first kappa shape index (κ1) is 17.9. The number of halogens is 1. The van der Waals surface area contributed by atoms with Gasteiger partial charge in [0.25, 0.3) is 0 Å². The zero-order valence-electron chi connectivity index (χ0n) is 15.5. The largest absolute Gasteiger partial charge is 0.378 e. The average Bonchev–Trinajstić information content (AvgIpc) is 3.23. The van der Waals surface area contributed by atoms with Gasteiger partial charge in [-0.3, -0.25) is 0 Å². The second kappa shape index (κ2) is 7.69. The zero-order valence-corrected chi connectivity index (χ0v) is 17.1. The molecule has 1 aliphatic heterocycles. The maximum Gasteiger partial charge on any atom is 0.0568 e. The van der Waals surface area contributed by atoms with Crippen molar-refractivity contribution in [2.45, 2.75) is 29.0 Å². The number of thioether (sulfide) groups is 1. The van der Waals surface area contributed by atoms with Crippen molar-refractivity contribution < 1.29 is 0 Å². The van der Waals surface area contributed by atoms with E-state index in [4.69, 9.17) is 11.6 Å². The molecule has 0 saturated carbocycles. The predicted molar refractivity (Wildman–Crippen MR) is 120 cm³/mol. The highest BCUT2D eigenvalue weighted by Gasteiger charge is 2.38. The molecule has 0 radical (unpaired) electrons. The molecule has 3 aromatic rings. The van der Waals surface area contributed by atoms with E-state index in [2.05, 4.69) is 78.1 Å². The number of benzene rings is 3. The van der Waals surface area contributed by atoms with Gasteiger partial charge in [-0.15, -0.1) is 11.8 Å². The van der Waals surface area contributed by atoms with Crippen molar-refractivity contribution in [1.82, 2.24) is 0 Å². The van der Waals surface area contributed by atoms with E-state index < -0.39 is 0 Å². The first-order chi connectivity index (χ1) is 13.8. The number of hydrogen-bond acceptors (Lipinski definition) is 2. The Balaban J connectivity index is 1.43. The monoisotopic (exact) mass is 403 g/mol. The van der Waals surface area contributed by atoms with Crippen LogP contribution >= 0.6 is 23.4 Å². The second-order valence-corrected chi connectivity index (χ2v) is 8.98. The minimum atomic E-state index is 0.255. The number of allylic oxidation sites excluding steroid dienone is 2. The number of hydrogen-bond donors (Lipinski definition) is 1. The molecule has 1 heterocycles. The van der Waals surface area contributed by atoms with Crippen molar-refractivity contribution in [3.8, 4) is 0 Å². The van der Waals surface area contributed by atoms with Crippen LogP contribution in [0.4, 0.5) is 5.69 Å². The van der Waals surface area contributed by atoms with E-state index in [-0.39, 0.29) is 6.04 Å². The lowest BCUT2D eigenvalue weighted by Gasteiger charge is -2.38. The van der Waals surface area contributed by atoms with Crippen molar-refractivity contribution in [1.29, 1.82) is 0 Å². The lowest BCUT2D eigenvalue weighted by atomic mass is 9.76. The quantitative estimate of drug-likeness (QED) is 0.358. The van der Waals surface area contributed by atoms with Crippen LogP contribution in [0.25, 0.3) is 0 Å². The van der Waals surface area contributed by atoms with Crippen LogP contribution in [-0.2, 0) is 5.75 Å². The van der Waals surface area contributed by atoms with Gasteiger partial charge >= 0.3 is 0 Å². The van der Waals surface area contributed by atoms with E-state index in [0.29, 0.717) is 11.8 Å². The van der Waals surface area contributed by atoms with Crippen LogP contribution in [0.5, 0.6) is 0 Å². The lowest BCUT2D eigenvalue weighted by Crippen LogP contribution is -2.29. The molecule has 1 N–H and O–H groups in total. The van der Waals surface area contributed by atoms with Crippen LogP contribution in [0.2, 0.25) is 5.02 Å². The molecular formula is C25H22ClNS. The Morgan fingerprint density at radius 1 is 0.929 bits per heavy atom. The topological polar surface area (TPSA) is 12.0 Å². The summed E-state index contributed by atoms with van der Waals surface area (Å²) in [5.41, 5.74) is 5.25. The van der Waals surface area contributed by atoms with Crippen molar-refractivity contribution in [3.05, 3.63) is 107 Å². The van der Waals surface area contributed by atoms with Crippen LogP contribution in [0.1, 0.15) is 35.1 Å². The smallest absolute Gasteiger partial charge is 0.0568 e. The Labute approximate surface area is 175 Å². The second-order valence-electron chi connectivity index (χ2n) is 7.52. The molecule has 0 spiro atoms. The summed E-state index contributed by atoms with van der Waals surface area (Å²) in [4.78, 5) is 1.32. The van der Waals surface area contributed by atoms with E-state index in [1.807, 2.05) is 23.9 Å². The molecule has 0 saturated heterocycles. The number of nitrogens with one attached hydrogen (secondary N) is 1. The number of rotatable bonds is 4. The van der Waals surface area contributed by atoms with Crippen molar-refractivity contribution in [2.24, 2.45) is 5.92 Å². The standard InChI is InChI=1S/C25H22ClNS/c26-23-12-5-4-9-21(23)25-20-11-6-10-19(20)22-15-17(13-14-24(22)27-25)16-28-18-7-2-1-3-8-18/h1-10,12-15,19-20,25,27H,11,16H2/t19-,20+,25+/m0/s1. The van der Waals surface area contributed by atoms with E-state index in [0.717, 1.165) is 17.2 Å². The lowest BCUT2D eigenvalue weighted by molar-refractivity contribution is 0.425. The van der Waals surface area contributed by atoms with E-state index in [1.54, 1.807) is 0 Å². The predicted octanol–water partition coefficient (Wildman–Crippen LogP) is 7.46. The summed E-state index contributed by atoms with van der Waals surface area (Å²) in [6, 6.07) is 26.0. The maximum atomic E-state index is 6.54. The van der Waals surface area contributed by atoms with E-state index >= 15 is 0 Å². The van der Waals surface area contributed by atoms with Crippen molar-refractivity contribution in [2.75, 3.05) is 5.32 Å². The molecule has 3 atom stereocenters. The average molecular weight is 404 g/mol. The van der Waals surface area contributed by atoms with Crippen LogP contribution in [-0.4, -0.2) is 0 Å². The fraction of sp³-hybridized carbons (Fsp3) is 0.200. The van der Waals surface area contributed by atoms with Gasteiger partial charge in [-0.25, -0.2) is 0 Å². The number of fused-ring (bicyclic) bond motifs is 3. The summed E-state index contributed by atoms with van der Waals surface area (Å²) in [6.07, 6.45) is 5.82. The summed E-state index contributed by atoms with van der Waals surface area (Å²) < 4.78 is 0. The molecule has 1 aliphatic carbocycles. The van der Waals surface area contributed by atoms with Gasteiger partial charge in [0, 0.05) is 27.3 Å². The first-order valence-electron chi connectivity index (χ1n) is 9.78. The molecular weight excluding hydrogens is 382 g/mol. The van der Waals surface area contributed by atoms with Gasteiger partial charge in [-0.2, -0.15) is 0 Å². The number of anilines is 1. The summed E-state index contributed by atoms with van der Waals surface area (Å²) in [7, 11) is 0. The van der Waals surface area contributed by atoms with Gasteiger partial charge in [-0.1, -0.05) is 72.3 Å². The molecule has 0 amide bonds. The Morgan fingerprint density at radius 3 is 2.61 bits per heavy atom. The molecule has 0 unspecified atom stereocenters. The van der Waals surface area contributed by atoms with Crippen molar-refractivity contribution in [3.63, 3.8) is 0 Å². The fourth-order valence-corrected chi connectivity index (χ4v) is 5.57.